The average Bonchev–Trinajstić information content (AvgIpc) is 3.06. The van der Waals surface area contributed by atoms with E-state index in [0.29, 0.717) is 11.7 Å². The number of ether oxygens (including phenoxy) is 2. The zero-order valence-corrected chi connectivity index (χ0v) is 16.5. The molecule has 0 spiro atoms. The fourth-order valence-corrected chi connectivity index (χ4v) is 4.73. The van der Waals surface area contributed by atoms with Crippen LogP contribution in [0.25, 0.3) is 11.3 Å². The molecule has 0 atom stereocenters. The van der Waals surface area contributed by atoms with Crippen molar-refractivity contribution in [3.8, 4) is 22.8 Å². The van der Waals surface area contributed by atoms with Crippen LogP contribution in [0.4, 0.5) is 5.13 Å². The van der Waals surface area contributed by atoms with Crippen LogP contribution in [0, 0.1) is 5.92 Å². The molecular weight excluding hydrogens is 346 g/mol. The predicted octanol–water partition coefficient (Wildman–Crippen LogP) is 4.38. The Bertz CT molecular complexity index is 739. The highest BCUT2D eigenvalue weighted by molar-refractivity contribution is 7.15. The maximum absolute atomic E-state index is 6.06. The highest BCUT2D eigenvalue weighted by atomic mass is 32.1. The fourth-order valence-electron chi connectivity index (χ4n) is 3.87. The van der Waals surface area contributed by atoms with Crippen molar-refractivity contribution in [2.24, 2.45) is 11.7 Å². The van der Waals surface area contributed by atoms with Gasteiger partial charge in [-0.05, 0) is 30.9 Å². The van der Waals surface area contributed by atoms with Crippen LogP contribution in [0.3, 0.4) is 0 Å². The first-order chi connectivity index (χ1) is 12.7. The molecule has 0 aliphatic heterocycles. The smallest absolute Gasteiger partial charge is 0.180 e. The van der Waals surface area contributed by atoms with Crippen LogP contribution in [-0.4, -0.2) is 19.2 Å². The van der Waals surface area contributed by atoms with E-state index < -0.39 is 0 Å². The summed E-state index contributed by atoms with van der Waals surface area (Å²) >= 11 is 1.59. The number of benzene rings is 1. The number of nitrogens with zero attached hydrogens (tertiary/aromatic N) is 1. The Kier molecular flexibility index (Phi) is 6.38. The van der Waals surface area contributed by atoms with Gasteiger partial charge in [-0.25, -0.2) is 4.98 Å². The SMILES string of the molecule is COc1cc(-c2nc(N)sc2CCC2CCCCC2)c(OC)cc1CN. The van der Waals surface area contributed by atoms with E-state index in [-0.39, 0.29) is 0 Å². The summed E-state index contributed by atoms with van der Waals surface area (Å²) in [6.45, 7) is 0.396. The maximum Gasteiger partial charge on any atom is 0.180 e. The van der Waals surface area contributed by atoms with E-state index >= 15 is 0 Å². The molecule has 0 saturated heterocycles. The Morgan fingerprint density at radius 3 is 2.50 bits per heavy atom. The van der Waals surface area contributed by atoms with Crippen LogP contribution in [0.1, 0.15) is 49.0 Å². The molecular formula is C20H29N3O2S. The van der Waals surface area contributed by atoms with Crippen molar-refractivity contribution in [2.45, 2.75) is 51.5 Å². The summed E-state index contributed by atoms with van der Waals surface area (Å²) in [7, 11) is 3.33. The fraction of sp³-hybridized carbons (Fsp3) is 0.550. The van der Waals surface area contributed by atoms with Gasteiger partial charge in [0.05, 0.1) is 19.9 Å². The molecule has 2 aromatic rings. The van der Waals surface area contributed by atoms with Crippen LogP contribution in [-0.2, 0) is 13.0 Å². The molecule has 1 aromatic heterocycles. The molecule has 1 aromatic carbocycles. The first kappa shape index (κ1) is 19.0. The minimum absolute atomic E-state index is 0.396. The van der Waals surface area contributed by atoms with Gasteiger partial charge in [-0.1, -0.05) is 32.1 Å². The minimum atomic E-state index is 0.396. The number of aryl methyl sites for hydroxylation is 1. The van der Waals surface area contributed by atoms with E-state index in [1.54, 1.807) is 25.6 Å². The van der Waals surface area contributed by atoms with E-state index in [4.69, 9.17) is 20.9 Å². The monoisotopic (exact) mass is 375 g/mol. The zero-order valence-electron chi connectivity index (χ0n) is 15.7. The lowest BCUT2D eigenvalue weighted by Crippen LogP contribution is -2.07. The average molecular weight is 376 g/mol. The predicted molar refractivity (Wildman–Crippen MR) is 108 cm³/mol. The van der Waals surface area contributed by atoms with Crippen molar-refractivity contribution >= 4 is 16.5 Å². The van der Waals surface area contributed by atoms with Gasteiger partial charge in [0.2, 0.25) is 0 Å². The largest absolute Gasteiger partial charge is 0.496 e. The molecule has 1 fully saturated rings. The van der Waals surface area contributed by atoms with Crippen LogP contribution in [0.15, 0.2) is 12.1 Å². The lowest BCUT2D eigenvalue weighted by Gasteiger charge is -2.21. The van der Waals surface area contributed by atoms with Crippen LogP contribution in [0.2, 0.25) is 0 Å². The number of hydrogen-bond acceptors (Lipinski definition) is 6. The van der Waals surface area contributed by atoms with Crippen LogP contribution < -0.4 is 20.9 Å². The Hall–Kier alpha value is -1.79. The van der Waals surface area contributed by atoms with E-state index in [0.717, 1.165) is 40.7 Å². The van der Waals surface area contributed by atoms with Crippen molar-refractivity contribution in [1.29, 1.82) is 0 Å². The second-order valence-corrected chi connectivity index (χ2v) is 8.05. The molecule has 142 valence electrons. The van der Waals surface area contributed by atoms with Gasteiger partial charge in [0.1, 0.15) is 11.5 Å². The molecule has 3 rings (SSSR count). The Balaban J connectivity index is 1.91. The summed E-state index contributed by atoms with van der Waals surface area (Å²) in [5.74, 6) is 2.35. The summed E-state index contributed by atoms with van der Waals surface area (Å²) < 4.78 is 11.1. The van der Waals surface area contributed by atoms with Gasteiger partial charge in [-0.15, -0.1) is 11.3 Å². The number of thiazole rings is 1. The first-order valence-electron chi connectivity index (χ1n) is 9.36. The normalized spacial score (nSPS) is 15.2. The number of hydrogen-bond donors (Lipinski definition) is 2. The molecule has 4 N–H and O–H groups in total. The molecule has 1 heterocycles. The number of anilines is 1. The van der Waals surface area contributed by atoms with Gasteiger partial charge >= 0.3 is 0 Å². The van der Waals surface area contributed by atoms with Gasteiger partial charge in [-0.2, -0.15) is 0 Å². The lowest BCUT2D eigenvalue weighted by atomic mass is 9.86. The first-order valence-corrected chi connectivity index (χ1v) is 10.2. The maximum atomic E-state index is 6.06. The summed E-state index contributed by atoms with van der Waals surface area (Å²) in [5.41, 5.74) is 14.7. The minimum Gasteiger partial charge on any atom is -0.496 e. The Labute approximate surface area is 159 Å². The van der Waals surface area contributed by atoms with Crippen molar-refractivity contribution in [2.75, 3.05) is 20.0 Å². The molecule has 5 nitrogen and oxygen atoms in total. The number of nitrogens with two attached hydrogens (primary N) is 2. The molecule has 0 amide bonds. The van der Waals surface area contributed by atoms with Crippen LogP contribution in [0.5, 0.6) is 11.5 Å². The van der Waals surface area contributed by atoms with Gasteiger partial charge in [0, 0.05) is 22.5 Å². The highest BCUT2D eigenvalue weighted by Crippen LogP contribution is 2.40. The second-order valence-electron chi connectivity index (χ2n) is 6.94. The zero-order chi connectivity index (χ0) is 18.5. The summed E-state index contributed by atoms with van der Waals surface area (Å²) in [5, 5.41) is 0.600. The Morgan fingerprint density at radius 2 is 1.85 bits per heavy atom. The number of rotatable bonds is 7. The van der Waals surface area contributed by atoms with E-state index in [1.165, 1.54) is 43.4 Å². The van der Waals surface area contributed by atoms with Crippen molar-refractivity contribution in [1.82, 2.24) is 4.98 Å². The molecule has 1 aliphatic carbocycles. The number of aromatic nitrogens is 1. The molecule has 0 radical (unpaired) electrons. The van der Waals surface area contributed by atoms with Gasteiger partial charge < -0.3 is 20.9 Å². The number of nitrogen functional groups attached to an aromatic ring is 1. The second kappa shape index (κ2) is 8.73. The Morgan fingerprint density at radius 1 is 1.12 bits per heavy atom. The third kappa shape index (κ3) is 4.13. The van der Waals surface area contributed by atoms with Gasteiger partial charge in [0.15, 0.2) is 5.13 Å². The molecule has 26 heavy (non-hydrogen) atoms. The van der Waals surface area contributed by atoms with Crippen molar-refractivity contribution < 1.29 is 9.47 Å². The highest BCUT2D eigenvalue weighted by Gasteiger charge is 2.20. The molecule has 0 bridgehead atoms. The molecule has 0 unspecified atom stereocenters. The lowest BCUT2D eigenvalue weighted by molar-refractivity contribution is 0.340. The summed E-state index contributed by atoms with van der Waals surface area (Å²) in [6.07, 6.45) is 9.05. The van der Waals surface area contributed by atoms with Crippen molar-refractivity contribution in [3.63, 3.8) is 0 Å². The van der Waals surface area contributed by atoms with E-state index in [2.05, 4.69) is 4.98 Å². The van der Waals surface area contributed by atoms with Crippen molar-refractivity contribution in [3.05, 3.63) is 22.6 Å². The molecule has 1 aliphatic rings. The van der Waals surface area contributed by atoms with Gasteiger partial charge in [-0.3, -0.25) is 0 Å². The summed E-state index contributed by atoms with van der Waals surface area (Å²) in [4.78, 5) is 5.84. The third-order valence-corrected chi connectivity index (χ3v) is 6.24. The van der Waals surface area contributed by atoms with E-state index in [1.807, 2.05) is 12.1 Å². The topological polar surface area (TPSA) is 83.4 Å². The standard InChI is InChI=1S/C20H29N3O2S/c1-24-16-11-15(17(25-2)10-14(16)12-21)19-18(26-20(22)23-19)9-8-13-6-4-3-5-7-13/h10-11,13H,3-9,12,21H2,1-2H3,(H2,22,23). The van der Waals surface area contributed by atoms with E-state index in [9.17, 15) is 0 Å². The quantitative estimate of drug-likeness (QED) is 0.750. The third-order valence-electron chi connectivity index (χ3n) is 5.30. The summed E-state index contributed by atoms with van der Waals surface area (Å²) in [6, 6.07) is 3.91. The molecule has 6 heteroatoms. The van der Waals surface area contributed by atoms with Gasteiger partial charge in [0.25, 0.3) is 0 Å². The van der Waals surface area contributed by atoms with Crippen LogP contribution >= 0.6 is 11.3 Å². The molecule has 1 saturated carbocycles. The number of methoxy groups -OCH3 is 2.